The fraction of sp³-hybridized carbons (Fsp3) is 0.519. The third-order valence-electron chi connectivity index (χ3n) is 6.99. The topological polar surface area (TPSA) is 55.3 Å². The first-order chi connectivity index (χ1) is 16.2. The van der Waals surface area contributed by atoms with Crippen LogP contribution in [0.5, 0.6) is 0 Å². The summed E-state index contributed by atoms with van der Waals surface area (Å²) in [7, 11) is 0. The molecule has 5 nitrogen and oxygen atoms in total. The number of hydrogen-bond acceptors (Lipinski definition) is 6. The SMILES string of the molecule is CCOC(=O)C1CCN(c2nc(CCc3ccccc3)nc3sc4c(c23)CCCCC4)CC1. The molecule has 3 aromatic rings. The van der Waals surface area contributed by atoms with Crippen LogP contribution < -0.4 is 4.90 Å². The fourth-order valence-corrected chi connectivity index (χ4v) is 6.46. The number of fused-ring (bicyclic) bond motifs is 3. The van der Waals surface area contributed by atoms with Gasteiger partial charge in [0.15, 0.2) is 0 Å². The highest BCUT2D eigenvalue weighted by Gasteiger charge is 2.29. The van der Waals surface area contributed by atoms with Crippen LogP contribution in [-0.2, 0) is 35.2 Å². The van der Waals surface area contributed by atoms with Crippen LogP contribution in [0.3, 0.4) is 0 Å². The number of piperidine rings is 1. The largest absolute Gasteiger partial charge is 0.466 e. The van der Waals surface area contributed by atoms with Gasteiger partial charge >= 0.3 is 5.97 Å². The van der Waals surface area contributed by atoms with Crippen molar-refractivity contribution in [3.8, 4) is 0 Å². The standard InChI is InChI=1S/C27H33N3O2S/c1-2-32-27(31)20-15-17-30(18-16-20)25-24-21-11-7-4-8-12-22(21)33-26(24)29-23(28-25)14-13-19-9-5-3-6-10-19/h3,5-6,9-10,20H,2,4,7-8,11-18H2,1H3. The Morgan fingerprint density at radius 3 is 2.64 bits per heavy atom. The van der Waals surface area contributed by atoms with Crippen molar-refractivity contribution in [2.75, 3.05) is 24.6 Å². The monoisotopic (exact) mass is 463 g/mol. The molecule has 1 aromatic carbocycles. The zero-order chi connectivity index (χ0) is 22.6. The number of carbonyl (C=O) groups excluding carboxylic acids is 1. The zero-order valence-corrected chi connectivity index (χ0v) is 20.3. The van der Waals surface area contributed by atoms with Gasteiger partial charge in [-0.25, -0.2) is 9.97 Å². The van der Waals surface area contributed by atoms with E-state index in [4.69, 9.17) is 14.7 Å². The maximum absolute atomic E-state index is 12.3. The minimum Gasteiger partial charge on any atom is -0.466 e. The van der Waals surface area contributed by atoms with Gasteiger partial charge in [-0.2, -0.15) is 0 Å². The second-order valence-electron chi connectivity index (χ2n) is 9.21. The van der Waals surface area contributed by atoms with Crippen molar-refractivity contribution in [2.24, 2.45) is 5.92 Å². The van der Waals surface area contributed by atoms with Gasteiger partial charge < -0.3 is 9.64 Å². The average molecular weight is 464 g/mol. The van der Waals surface area contributed by atoms with Crippen molar-refractivity contribution in [3.05, 3.63) is 52.2 Å². The van der Waals surface area contributed by atoms with E-state index < -0.39 is 0 Å². The maximum Gasteiger partial charge on any atom is 0.309 e. The van der Waals surface area contributed by atoms with Crippen molar-refractivity contribution >= 4 is 33.3 Å². The Hall–Kier alpha value is -2.47. The number of anilines is 1. The molecule has 174 valence electrons. The molecule has 1 aliphatic carbocycles. The number of nitrogens with zero attached hydrogens (tertiary/aromatic N) is 3. The molecule has 3 heterocycles. The fourth-order valence-electron chi connectivity index (χ4n) is 5.19. The highest BCUT2D eigenvalue weighted by Crippen LogP contribution is 2.40. The zero-order valence-electron chi connectivity index (χ0n) is 19.5. The van der Waals surface area contributed by atoms with Crippen LogP contribution in [0.2, 0.25) is 0 Å². The summed E-state index contributed by atoms with van der Waals surface area (Å²) < 4.78 is 5.28. The summed E-state index contributed by atoms with van der Waals surface area (Å²) in [6.45, 7) is 4.03. The first-order valence-corrected chi connectivity index (χ1v) is 13.3. The van der Waals surface area contributed by atoms with Crippen molar-refractivity contribution in [2.45, 2.75) is 64.7 Å². The van der Waals surface area contributed by atoms with Gasteiger partial charge in [0.2, 0.25) is 0 Å². The molecule has 6 heteroatoms. The lowest BCUT2D eigenvalue weighted by molar-refractivity contribution is -0.148. The molecule has 1 saturated heterocycles. The molecule has 0 spiro atoms. The molecule has 5 rings (SSSR count). The summed E-state index contributed by atoms with van der Waals surface area (Å²) in [4.78, 5) is 27.5. The van der Waals surface area contributed by atoms with Crippen LogP contribution >= 0.6 is 11.3 Å². The Bertz CT molecular complexity index is 1100. The number of esters is 1. The number of benzene rings is 1. The second kappa shape index (κ2) is 10.2. The molecule has 33 heavy (non-hydrogen) atoms. The Balaban J connectivity index is 1.45. The summed E-state index contributed by atoms with van der Waals surface area (Å²) in [5, 5.41) is 1.29. The Morgan fingerprint density at radius 2 is 1.85 bits per heavy atom. The van der Waals surface area contributed by atoms with Crippen LogP contribution in [0.15, 0.2) is 30.3 Å². The number of aromatic nitrogens is 2. The van der Waals surface area contributed by atoms with E-state index in [0.29, 0.717) is 6.61 Å². The summed E-state index contributed by atoms with van der Waals surface area (Å²) in [6.07, 6.45) is 9.57. The van der Waals surface area contributed by atoms with Crippen LogP contribution in [0.1, 0.15) is 60.9 Å². The van der Waals surface area contributed by atoms with Crippen LogP contribution in [0, 0.1) is 5.92 Å². The van der Waals surface area contributed by atoms with Gasteiger partial charge in [-0.3, -0.25) is 4.79 Å². The van der Waals surface area contributed by atoms with Gasteiger partial charge in [-0.05, 0) is 63.0 Å². The molecule has 0 radical (unpaired) electrons. The Morgan fingerprint density at radius 1 is 1.06 bits per heavy atom. The molecule has 0 unspecified atom stereocenters. The average Bonchev–Trinajstić information content (AvgIpc) is 3.03. The van der Waals surface area contributed by atoms with E-state index in [0.717, 1.165) is 61.7 Å². The van der Waals surface area contributed by atoms with Gasteiger partial charge in [0.1, 0.15) is 16.5 Å². The molecule has 0 atom stereocenters. The van der Waals surface area contributed by atoms with Gasteiger partial charge in [0, 0.05) is 24.4 Å². The molecular formula is C27H33N3O2S. The predicted molar refractivity (Wildman–Crippen MR) is 134 cm³/mol. The minimum absolute atomic E-state index is 0.00988. The molecule has 0 saturated carbocycles. The quantitative estimate of drug-likeness (QED) is 0.356. The lowest BCUT2D eigenvalue weighted by Crippen LogP contribution is -2.37. The molecule has 2 aliphatic rings. The summed E-state index contributed by atoms with van der Waals surface area (Å²) in [6, 6.07) is 10.6. The summed E-state index contributed by atoms with van der Waals surface area (Å²) in [5.41, 5.74) is 2.81. The van der Waals surface area contributed by atoms with Crippen LogP contribution in [0.4, 0.5) is 5.82 Å². The van der Waals surface area contributed by atoms with Gasteiger partial charge in [0.05, 0.1) is 17.9 Å². The molecular weight excluding hydrogens is 430 g/mol. The first-order valence-electron chi connectivity index (χ1n) is 12.5. The van der Waals surface area contributed by atoms with Gasteiger partial charge in [-0.1, -0.05) is 36.8 Å². The van der Waals surface area contributed by atoms with Crippen molar-refractivity contribution < 1.29 is 9.53 Å². The van der Waals surface area contributed by atoms with E-state index in [1.807, 2.05) is 18.3 Å². The van der Waals surface area contributed by atoms with Crippen LogP contribution in [0.25, 0.3) is 10.2 Å². The first kappa shape index (κ1) is 22.3. The van der Waals surface area contributed by atoms with Crippen molar-refractivity contribution in [3.63, 3.8) is 0 Å². The van der Waals surface area contributed by atoms with Gasteiger partial charge in [-0.15, -0.1) is 11.3 Å². The number of thiophene rings is 1. The van der Waals surface area contributed by atoms with E-state index >= 15 is 0 Å². The normalized spacial score (nSPS) is 17.1. The number of ether oxygens (including phenoxy) is 1. The third kappa shape index (κ3) is 4.91. The number of rotatable bonds is 6. The lowest BCUT2D eigenvalue weighted by atomic mass is 9.96. The maximum atomic E-state index is 12.3. The Kier molecular flexibility index (Phi) is 6.91. The second-order valence-corrected chi connectivity index (χ2v) is 10.3. The molecule has 0 bridgehead atoms. The summed E-state index contributed by atoms with van der Waals surface area (Å²) in [5.74, 6) is 2.00. The number of carbonyl (C=O) groups is 1. The van der Waals surface area contributed by atoms with E-state index in [-0.39, 0.29) is 11.9 Å². The predicted octanol–water partition coefficient (Wildman–Crippen LogP) is 5.52. The van der Waals surface area contributed by atoms with Crippen molar-refractivity contribution in [1.29, 1.82) is 0 Å². The van der Waals surface area contributed by atoms with E-state index in [2.05, 4.69) is 35.2 Å². The molecule has 2 aromatic heterocycles. The lowest BCUT2D eigenvalue weighted by Gasteiger charge is -2.32. The van der Waals surface area contributed by atoms with Gasteiger partial charge in [0.25, 0.3) is 0 Å². The number of hydrogen-bond donors (Lipinski definition) is 0. The Labute approximate surface area is 200 Å². The highest BCUT2D eigenvalue weighted by molar-refractivity contribution is 7.19. The summed E-state index contributed by atoms with van der Waals surface area (Å²) >= 11 is 1.89. The van der Waals surface area contributed by atoms with Crippen LogP contribution in [-0.4, -0.2) is 35.6 Å². The number of aryl methyl sites for hydroxylation is 4. The smallest absolute Gasteiger partial charge is 0.309 e. The molecule has 1 aliphatic heterocycles. The van der Waals surface area contributed by atoms with E-state index in [1.54, 1.807) is 0 Å². The molecule has 0 N–H and O–H groups in total. The molecule has 0 amide bonds. The third-order valence-corrected chi connectivity index (χ3v) is 8.17. The van der Waals surface area contributed by atoms with E-state index in [9.17, 15) is 4.79 Å². The molecule has 1 fully saturated rings. The van der Waals surface area contributed by atoms with E-state index in [1.165, 1.54) is 47.1 Å². The van der Waals surface area contributed by atoms with Crippen molar-refractivity contribution in [1.82, 2.24) is 9.97 Å². The highest BCUT2D eigenvalue weighted by atomic mass is 32.1. The minimum atomic E-state index is -0.0436.